The summed E-state index contributed by atoms with van der Waals surface area (Å²) in [6.45, 7) is 7.06. The van der Waals surface area contributed by atoms with Crippen LogP contribution in [0, 0.1) is 0 Å². The molecule has 1 aliphatic carbocycles. The van der Waals surface area contributed by atoms with Gasteiger partial charge in [-0.05, 0) is 30.5 Å². The Labute approximate surface area is 127 Å². The Morgan fingerprint density at radius 1 is 1.38 bits per heavy atom. The molecule has 2 unspecified atom stereocenters. The van der Waals surface area contributed by atoms with E-state index in [0.29, 0.717) is 18.2 Å². The van der Waals surface area contributed by atoms with Crippen LogP contribution in [-0.2, 0) is 11.3 Å². The monoisotopic (exact) mass is 289 g/mol. The molecule has 2 atom stereocenters. The molecule has 2 aliphatic rings. The van der Waals surface area contributed by atoms with Gasteiger partial charge >= 0.3 is 0 Å². The van der Waals surface area contributed by atoms with Gasteiger partial charge < -0.3 is 15.0 Å². The van der Waals surface area contributed by atoms with E-state index in [1.165, 1.54) is 31.2 Å². The lowest BCUT2D eigenvalue weighted by atomic mass is 9.90. The number of pyridine rings is 1. The van der Waals surface area contributed by atoms with Crippen molar-refractivity contribution >= 4 is 5.82 Å². The van der Waals surface area contributed by atoms with Crippen LogP contribution >= 0.6 is 0 Å². The fraction of sp³-hybridized carbons (Fsp3) is 0.706. The number of ether oxygens (including phenoxy) is 1. The predicted molar refractivity (Wildman–Crippen MR) is 85.6 cm³/mol. The van der Waals surface area contributed by atoms with E-state index < -0.39 is 0 Å². The quantitative estimate of drug-likeness (QED) is 0.925. The third-order valence-corrected chi connectivity index (χ3v) is 4.55. The van der Waals surface area contributed by atoms with Crippen LogP contribution in [0.4, 0.5) is 5.82 Å². The van der Waals surface area contributed by atoms with Crippen LogP contribution in [0.1, 0.15) is 45.1 Å². The van der Waals surface area contributed by atoms with Gasteiger partial charge in [0.2, 0.25) is 0 Å². The molecular formula is C17H27N3O. The van der Waals surface area contributed by atoms with Crippen molar-refractivity contribution in [2.45, 2.75) is 64.3 Å². The van der Waals surface area contributed by atoms with Gasteiger partial charge in [0.25, 0.3) is 0 Å². The molecule has 2 heterocycles. The van der Waals surface area contributed by atoms with Gasteiger partial charge in [0.15, 0.2) is 0 Å². The van der Waals surface area contributed by atoms with Gasteiger partial charge in [0.1, 0.15) is 5.82 Å². The second-order valence-corrected chi connectivity index (χ2v) is 6.51. The molecule has 1 saturated heterocycles. The van der Waals surface area contributed by atoms with E-state index in [1.54, 1.807) is 0 Å². The molecule has 0 bridgehead atoms. The summed E-state index contributed by atoms with van der Waals surface area (Å²) in [6, 6.07) is 5.38. The molecule has 116 valence electrons. The minimum atomic E-state index is 0.409. The third kappa shape index (κ3) is 3.55. The standard InChI is InChI=1S/C17H27N3O/c1-13(2)19-12-14-7-8-18-17(11-14)20-9-10-21-16-6-4-3-5-15(16)20/h7-8,11,13,15-16,19H,3-6,9-10,12H2,1-2H3. The van der Waals surface area contributed by atoms with E-state index >= 15 is 0 Å². The van der Waals surface area contributed by atoms with Crippen molar-refractivity contribution in [1.82, 2.24) is 10.3 Å². The zero-order chi connectivity index (χ0) is 14.7. The molecule has 4 heteroatoms. The van der Waals surface area contributed by atoms with Gasteiger partial charge in [-0.25, -0.2) is 4.98 Å². The number of anilines is 1. The molecule has 1 N–H and O–H groups in total. The van der Waals surface area contributed by atoms with Crippen LogP contribution in [0.3, 0.4) is 0 Å². The van der Waals surface area contributed by atoms with E-state index in [9.17, 15) is 0 Å². The zero-order valence-electron chi connectivity index (χ0n) is 13.2. The number of aromatic nitrogens is 1. The lowest BCUT2D eigenvalue weighted by molar-refractivity contribution is -0.00899. The Bertz CT molecular complexity index is 461. The van der Waals surface area contributed by atoms with Crippen molar-refractivity contribution in [3.63, 3.8) is 0 Å². The summed E-state index contributed by atoms with van der Waals surface area (Å²) in [5.41, 5.74) is 1.31. The summed E-state index contributed by atoms with van der Waals surface area (Å²) in [5.74, 6) is 1.12. The molecule has 1 aromatic heterocycles. The Morgan fingerprint density at radius 3 is 3.10 bits per heavy atom. The van der Waals surface area contributed by atoms with Gasteiger partial charge in [-0.2, -0.15) is 0 Å². The van der Waals surface area contributed by atoms with Crippen LogP contribution in [0.5, 0.6) is 0 Å². The zero-order valence-corrected chi connectivity index (χ0v) is 13.2. The first kappa shape index (κ1) is 14.8. The van der Waals surface area contributed by atoms with E-state index in [1.807, 2.05) is 6.20 Å². The predicted octanol–water partition coefficient (Wildman–Crippen LogP) is 2.73. The fourth-order valence-corrected chi connectivity index (χ4v) is 3.43. The summed E-state index contributed by atoms with van der Waals surface area (Å²) in [7, 11) is 0. The molecule has 3 rings (SSSR count). The maximum absolute atomic E-state index is 5.96. The van der Waals surface area contributed by atoms with Crippen LogP contribution in [0.25, 0.3) is 0 Å². The minimum absolute atomic E-state index is 0.409. The van der Waals surface area contributed by atoms with E-state index in [4.69, 9.17) is 4.74 Å². The first-order chi connectivity index (χ1) is 10.2. The van der Waals surface area contributed by atoms with Crippen molar-refractivity contribution in [3.8, 4) is 0 Å². The Hall–Kier alpha value is -1.13. The molecule has 0 spiro atoms. The smallest absolute Gasteiger partial charge is 0.129 e. The SMILES string of the molecule is CC(C)NCc1ccnc(N2CCOC3CCCCC32)c1. The largest absolute Gasteiger partial charge is 0.374 e. The molecule has 2 fully saturated rings. The Kier molecular flexibility index (Phi) is 4.76. The van der Waals surface area contributed by atoms with E-state index in [-0.39, 0.29) is 0 Å². The number of hydrogen-bond donors (Lipinski definition) is 1. The molecule has 1 aliphatic heterocycles. The molecule has 4 nitrogen and oxygen atoms in total. The average Bonchev–Trinajstić information content (AvgIpc) is 2.52. The maximum Gasteiger partial charge on any atom is 0.129 e. The van der Waals surface area contributed by atoms with E-state index in [2.05, 4.69) is 41.2 Å². The summed E-state index contributed by atoms with van der Waals surface area (Å²) >= 11 is 0. The highest BCUT2D eigenvalue weighted by Crippen LogP contribution is 2.31. The summed E-state index contributed by atoms with van der Waals surface area (Å²) in [6.07, 6.45) is 7.42. The van der Waals surface area contributed by atoms with Crippen LogP contribution in [-0.4, -0.2) is 36.3 Å². The van der Waals surface area contributed by atoms with E-state index in [0.717, 1.165) is 25.5 Å². The molecule has 0 radical (unpaired) electrons. The molecule has 0 amide bonds. The van der Waals surface area contributed by atoms with Crippen molar-refractivity contribution in [1.29, 1.82) is 0 Å². The number of fused-ring (bicyclic) bond motifs is 1. The van der Waals surface area contributed by atoms with Gasteiger partial charge in [-0.3, -0.25) is 0 Å². The Balaban J connectivity index is 1.74. The van der Waals surface area contributed by atoms with Crippen molar-refractivity contribution in [2.24, 2.45) is 0 Å². The van der Waals surface area contributed by atoms with Gasteiger partial charge in [-0.15, -0.1) is 0 Å². The first-order valence-electron chi connectivity index (χ1n) is 8.30. The maximum atomic E-state index is 5.96. The normalized spacial score (nSPS) is 26.0. The lowest BCUT2D eigenvalue weighted by Gasteiger charge is -2.44. The highest BCUT2D eigenvalue weighted by Gasteiger charge is 2.34. The molecule has 1 aromatic rings. The van der Waals surface area contributed by atoms with Gasteiger partial charge in [-0.1, -0.05) is 26.7 Å². The van der Waals surface area contributed by atoms with Crippen LogP contribution in [0.2, 0.25) is 0 Å². The van der Waals surface area contributed by atoms with Gasteiger partial charge in [0, 0.05) is 25.3 Å². The molecular weight excluding hydrogens is 262 g/mol. The second kappa shape index (κ2) is 6.75. The second-order valence-electron chi connectivity index (χ2n) is 6.51. The number of nitrogens with one attached hydrogen (secondary N) is 1. The first-order valence-corrected chi connectivity index (χ1v) is 8.30. The topological polar surface area (TPSA) is 37.4 Å². The molecule has 1 saturated carbocycles. The third-order valence-electron chi connectivity index (χ3n) is 4.55. The lowest BCUT2D eigenvalue weighted by Crippen LogP contribution is -2.53. The molecule has 21 heavy (non-hydrogen) atoms. The average molecular weight is 289 g/mol. The summed E-state index contributed by atoms with van der Waals surface area (Å²) < 4.78 is 5.96. The van der Waals surface area contributed by atoms with Crippen LogP contribution < -0.4 is 10.2 Å². The van der Waals surface area contributed by atoms with Crippen molar-refractivity contribution < 1.29 is 4.74 Å². The summed E-state index contributed by atoms with van der Waals surface area (Å²) in [4.78, 5) is 7.10. The number of morpholine rings is 1. The molecule has 0 aromatic carbocycles. The van der Waals surface area contributed by atoms with Crippen molar-refractivity contribution in [2.75, 3.05) is 18.1 Å². The van der Waals surface area contributed by atoms with Crippen molar-refractivity contribution in [3.05, 3.63) is 23.9 Å². The number of rotatable bonds is 4. The van der Waals surface area contributed by atoms with Gasteiger partial charge in [0.05, 0.1) is 18.8 Å². The number of nitrogens with zero attached hydrogens (tertiary/aromatic N) is 2. The highest BCUT2D eigenvalue weighted by molar-refractivity contribution is 5.43. The minimum Gasteiger partial charge on any atom is -0.374 e. The Morgan fingerprint density at radius 2 is 2.24 bits per heavy atom. The van der Waals surface area contributed by atoms with Crippen LogP contribution in [0.15, 0.2) is 18.3 Å². The number of hydrogen-bond acceptors (Lipinski definition) is 4. The highest BCUT2D eigenvalue weighted by atomic mass is 16.5. The fourth-order valence-electron chi connectivity index (χ4n) is 3.43. The summed E-state index contributed by atoms with van der Waals surface area (Å²) in [5, 5.41) is 3.48.